The molecule has 2 rings (SSSR count). The molecule has 1 aromatic carbocycles. The van der Waals surface area contributed by atoms with Crippen molar-refractivity contribution in [1.29, 1.82) is 5.26 Å². The second-order valence-corrected chi connectivity index (χ2v) is 4.52. The highest BCUT2D eigenvalue weighted by Gasteiger charge is 2.33. The first-order chi connectivity index (χ1) is 9.91. The Morgan fingerprint density at radius 2 is 1.90 bits per heavy atom. The molecule has 0 unspecified atom stereocenters. The standard InChI is InChI=1S/C15H12F3N3/c1-21(13-7-6-12(8-19)20-9-13)10-11-4-2-3-5-14(11)15(16,17)18/h2-7,9H,10H2,1H3. The molecular weight excluding hydrogens is 279 g/mol. The number of aromatic nitrogens is 1. The Hall–Kier alpha value is -2.55. The number of pyridine rings is 1. The third-order valence-electron chi connectivity index (χ3n) is 3.03. The molecule has 1 aromatic heterocycles. The van der Waals surface area contributed by atoms with E-state index < -0.39 is 11.7 Å². The van der Waals surface area contributed by atoms with Crippen LogP contribution in [0.1, 0.15) is 16.8 Å². The van der Waals surface area contributed by atoms with Crippen LogP contribution in [0.3, 0.4) is 0 Å². The monoisotopic (exact) mass is 291 g/mol. The Morgan fingerprint density at radius 1 is 1.19 bits per heavy atom. The molecule has 6 heteroatoms. The summed E-state index contributed by atoms with van der Waals surface area (Å²) in [5.41, 5.74) is 0.462. The molecule has 0 saturated heterocycles. The smallest absolute Gasteiger partial charge is 0.369 e. The minimum atomic E-state index is -4.37. The predicted molar refractivity (Wildman–Crippen MR) is 72.5 cm³/mol. The van der Waals surface area contributed by atoms with Crippen LogP contribution in [0, 0.1) is 11.3 Å². The number of alkyl halides is 3. The van der Waals surface area contributed by atoms with Crippen LogP contribution >= 0.6 is 0 Å². The Morgan fingerprint density at radius 3 is 2.48 bits per heavy atom. The van der Waals surface area contributed by atoms with Gasteiger partial charge in [0.25, 0.3) is 0 Å². The van der Waals surface area contributed by atoms with Gasteiger partial charge in [-0.2, -0.15) is 18.4 Å². The van der Waals surface area contributed by atoms with E-state index in [0.29, 0.717) is 5.69 Å². The third kappa shape index (κ3) is 3.51. The van der Waals surface area contributed by atoms with Gasteiger partial charge in [-0.25, -0.2) is 4.98 Å². The van der Waals surface area contributed by atoms with E-state index in [4.69, 9.17) is 5.26 Å². The number of anilines is 1. The first kappa shape index (κ1) is 14.9. The van der Waals surface area contributed by atoms with Crippen LogP contribution < -0.4 is 4.90 Å². The van der Waals surface area contributed by atoms with E-state index in [0.717, 1.165) is 6.07 Å². The number of hydrogen-bond donors (Lipinski definition) is 0. The van der Waals surface area contributed by atoms with E-state index in [1.165, 1.54) is 24.4 Å². The van der Waals surface area contributed by atoms with Crippen molar-refractivity contribution < 1.29 is 13.2 Å². The summed E-state index contributed by atoms with van der Waals surface area (Å²) in [5.74, 6) is 0. The van der Waals surface area contributed by atoms with Crippen molar-refractivity contribution in [2.24, 2.45) is 0 Å². The van der Waals surface area contributed by atoms with E-state index >= 15 is 0 Å². The van der Waals surface area contributed by atoms with Crippen molar-refractivity contribution in [1.82, 2.24) is 4.98 Å². The average molecular weight is 291 g/mol. The van der Waals surface area contributed by atoms with Crippen molar-refractivity contribution in [3.8, 4) is 6.07 Å². The number of nitrogens with zero attached hydrogens (tertiary/aromatic N) is 3. The second-order valence-electron chi connectivity index (χ2n) is 4.52. The van der Waals surface area contributed by atoms with E-state index in [9.17, 15) is 13.2 Å². The van der Waals surface area contributed by atoms with Gasteiger partial charge < -0.3 is 4.90 Å². The van der Waals surface area contributed by atoms with Crippen molar-refractivity contribution >= 4 is 5.69 Å². The van der Waals surface area contributed by atoms with Crippen LogP contribution in [0.2, 0.25) is 0 Å². The van der Waals surface area contributed by atoms with E-state index in [1.807, 2.05) is 6.07 Å². The zero-order chi connectivity index (χ0) is 15.5. The summed E-state index contributed by atoms with van der Waals surface area (Å²) in [5, 5.41) is 8.68. The maximum atomic E-state index is 12.9. The molecule has 0 N–H and O–H groups in total. The lowest BCUT2D eigenvalue weighted by Gasteiger charge is -2.21. The quantitative estimate of drug-likeness (QED) is 0.867. The summed E-state index contributed by atoms with van der Waals surface area (Å²) < 4.78 is 38.8. The maximum Gasteiger partial charge on any atom is 0.416 e. The van der Waals surface area contributed by atoms with Gasteiger partial charge in [0.15, 0.2) is 0 Å². The molecule has 0 spiro atoms. The molecule has 0 fully saturated rings. The van der Waals surface area contributed by atoms with Crippen LogP contribution in [-0.4, -0.2) is 12.0 Å². The zero-order valence-corrected chi connectivity index (χ0v) is 11.2. The van der Waals surface area contributed by atoms with Crippen molar-refractivity contribution in [3.05, 3.63) is 59.4 Å². The molecule has 3 nitrogen and oxygen atoms in total. The Kier molecular flexibility index (Phi) is 4.13. The Bertz CT molecular complexity index is 657. The van der Waals surface area contributed by atoms with Gasteiger partial charge in [-0.05, 0) is 23.8 Å². The van der Waals surface area contributed by atoms with Gasteiger partial charge in [-0.15, -0.1) is 0 Å². The van der Waals surface area contributed by atoms with E-state index in [-0.39, 0.29) is 17.8 Å². The van der Waals surface area contributed by atoms with Crippen LogP contribution in [0.4, 0.5) is 18.9 Å². The van der Waals surface area contributed by atoms with Gasteiger partial charge in [0, 0.05) is 13.6 Å². The fraction of sp³-hybridized carbons (Fsp3) is 0.200. The van der Waals surface area contributed by atoms with Gasteiger partial charge in [-0.3, -0.25) is 0 Å². The Balaban J connectivity index is 2.23. The number of benzene rings is 1. The Labute approximate surface area is 120 Å². The number of rotatable bonds is 3. The minimum absolute atomic E-state index is 0.100. The summed E-state index contributed by atoms with van der Waals surface area (Å²) in [4.78, 5) is 5.56. The van der Waals surface area contributed by atoms with Gasteiger partial charge in [0.05, 0.1) is 17.4 Å². The molecule has 2 aromatic rings. The SMILES string of the molecule is CN(Cc1ccccc1C(F)(F)F)c1ccc(C#N)nc1. The van der Waals surface area contributed by atoms with E-state index in [2.05, 4.69) is 4.98 Å². The maximum absolute atomic E-state index is 12.9. The highest BCUT2D eigenvalue weighted by atomic mass is 19.4. The lowest BCUT2D eigenvalue weighted by Crippen LogP contribution is -2.20. The summed E-state index contributed by atoms with van der Waals surface area (Å²) in [7, 11) is 1.68. The molecule has 0 bridgehead atoms. The highest BCUT2D eigenvalue weighted by molar-refractivity contribution is 5.46. The molecule has 108 valence electrons. The summed E-state index contributed by atoms with van der Waals surface area (Å²) in [6.07, 6.45) is -2.91. The van der Waals surface area contributed by atoms with Crippen LogP contribution in [0.25, 0.3) is 0 Å². The summed E-state index contributed by atoms with van der Waals surface area (Å²) in [6.45, 7) is 0.100. The first-order valence-corrected chi connectivity index (χ1v) is 6.14. The molecular formula is C15H12F3N3. The molecule has 0 radical (unpaired) electrons. The van der Waals surface area contributed by atoms with Crippen molar-refractivity contribution in [2.75, 3.05) is 11.9 Å². The fourth-order valence-electron chi connectivity index (χ4n) is 1.96. The topological polar surface area (TPSA) is 39.9 Å². The van der Waals surface area contributed by atoms with Gasteiger partial charge in [0.1, 0.15) is 11.8 Å². The molecule has 0 amide bonds. The molecule has 0 atom stereocenters. The molecule has 1 heterocycles. The lowest BCUT2D eigenvalue weighted by atomic mass is 10.1. The summed E-state index contributed by atoms with van der Waals surface area (Å²) >= 11 is 0. The minimum Gasteiger partial charge on any atom is -0.369 e. The van der Waals surface area contributed by atoms with Crippen LogP contribution in [0.15, 0.2) is 42.6 Å². The third-order valence-corrected chi connectivity index (χ3v) is 3.03. The lowest BCUT2D eigenvalue weighted by molar-refractivity contribution is -0.138. The van der Waals surface area contributed by atoms with Crippen molar-refractivity contribution in [2.45, 2.75) is 12.7 Å². The zero-order valence-electron chi connectivity index (χ0n) is 11.2. The normalized spacial score (nSPS) is 11.0. The second kappa shape index (κ2) is 5.83. The fourth-order valence-corrected chi connectivity index (χ4v) is 1.96. The molecule has 0 aliphatic heterocycles. The van der Waals surface area contributed by atoms with Crippen LogP contribution in [-0.2, 0) is 12.7 Å². The number of nitriles is 1. The average Bonchev–Trinajstić information content (AvgIpc) is 2.47. The van der Waals surface area contributed by atoms with E-state index in [1.54, 1.807) is 24.1 Å². The predicted octanol–water partition coefficient (Wildman–Crippen LogP) is 3.61. The molecule has 21 heavy (non-hydrogen) atoms. The van der Waals surface area contributed by atoms with Crippen molar-refractivity contribution in [3.63, 3.8) is 0 Å². The van der Waals surface area contributed by atoms with Crippen LogP contribution in [0.5, 0.6) is 0 Å². The first-order valence-electron chi connectivity index (χ1n) is 6.14. The van der Waals surface area contributed by atoms with Gasteiger partial charge in [0.2, 0.25) is 0 Å². The largest absolute Gasteiger partial charge is 0.416 e. The molecule has 0 aliphatic rings. The van der Waals surface area contributed by atoms with Gasteiger partial charge in [-0.1, -0.05) is 18.2 Å². The number of hydrogen-bond acceptors (Lipinski definition) is 3. The van der Waals surface area contributed by atoms with Gasteiger partial charge >= 0.3 is 6.18 Å². The highest BCUT2D eigenvalue weighted by Crippen LogP contribution is 2.32. The molecule has 0 saturated carbocycles. The summed E-state index contributed by atoms with van der Waals surface area (Å²) in [6, 6.07) is 10.6. The number of halogens is 3. The molecule has 0 aliphatic carbocycles.